The second-order valence-corrected chi connectivity index (χ2v) is 8.51. The highest BCUT2D eigenvalue weighted by Crippen LogP contribution is 2.18. The van der Waals surface area contributed by atoms with Gasteiger partial charge in [-0.25, -0.2) is 8.42 Å². The summed E-state index contributed by atoms with van der Waals surface area (Å²) in [6, 6.07) is 0.00419. The van der Waals surface area contributed by atoms with E-state index in [1.54, 1.807) is 7.05 Å². The number of nitrogens with zero attached hydrogens (tertiary/aromatic N) is 2. The topological polar surface area (TPSA) is 73.8 Å². The zero-order valence-electron chi connectivity index (χ0n) is 13.1. The lowest BCUT2D eigenvalue weighted by atomic mass is 9.94. The highest BCUT2D eigenvalue weighted by atomic mass is 32.2. The molecule has 0 aromatic carbocycles. The zero-order valence-corrected chi connectivity index (χ0v) is 14.0. The first-order valence-corrected chi connectivity index (χ1v) is 9.67. The molecule has 7 heteroatoms. The highest BCUT2D eigenvalue weighted by Gasteiger charge is 2.28. The number of hydrogen-bond donors (Lipinski definition) is 2. The molecule has 2 fully saturated rings. The van der Waals surface area contributed by atoms with Crippen LogP contribution in [0.4, 0.5) is 0 Å². The van der Waals surface area contributed by atoms with Gasteiger partial charge in [0.2, 0.25) is 0 Å². The van der Waals surface area contributed by atoms with Gasteiger partial charge >= 0.3 is 0 Å². The Morgan fingerprint density at radius 3 is 2.57 bits per heavy atom. The highest BCUT2D eigenvalue weighted by molar-refractivity contribution is 7.91. The number of likely N-dealkylation sites (tertiary alicyclic amines) is 1. The number of guanidine groups is 1. The number of nitrogens with one attached hydrogen (secondary N) is 2. The summed E-state index contributed by atoms with van der Waals surface area (Å²) < 4.78 is 22.9. The smallest absolute Gasteiger partial charge is 0.191 e. The molecule has 122 valence electrons. The Morgan fingerprint density at radius 2 is 2.00 bits per heavy atom. The molecule has 2 aliphatic heterocycles. The molecule has 2 N–H and O–H groups in total. The minimum atomic E-state index is -2.84. The summed E-state index contributed by atoms with van der Waals surface area (Å²) in [5.41, 5.74) is 0. The van der Waals surface area contributed by atoms with Gasteiger partial charge in [-0.1, -0.05) is 0 Å². The third-order valence-electron chi connectivity index (χ3n) is 4.48. The lowest BCUT2D eigenvalue weighted by molar-refractivity contribution is 0.213. The summed E-state index contributed by atoms with van der Waals surface area (Å²) in [4.78, 5) is 6.57. The largest absolute Gasteiger partial charge is 0.356 e. The molecule has 0 amide bonds. The standard InChI is InChI=1S/C14H28N4O2S/c1-15-14(17-13-6-10-21(19,20)11-13)16-7-3-12-4-8-18(2)9-5-12/h12-13H,3-11H2,1-2H3,(H2,15,16,17). The van der Waals surface area contributed by atoms with Gasteiger partial charge in [-0.05, 0) is 51.7 Å². The normalized spacial score (nSPS) is 27.7. The fraction of sp³-hybridized carbons (Fsp3) is 0.929. The molecule has 1 unspecified atom stereocenters. The van der Waals surface area contributed by atoms with E-state index in [-0.39, 0.29) is 17.5 Å². The van der Waals surface area contributed by atoms with E-state index in [9.17, 15) is 8.42 Å². The molecule has 6 nitrogen and oxygen atoms in total. The van der Waals surface area contributed by atoms with E-state index in [1.165, 1.54) is 25.9 Å². The molecular formula is C14H28N4O2S. The Labute approximate surface area is 128 Å². The van der Waals surface area contributed by atoms with E-state index in [0.29, 0.717) is 6.42 Å². The predicted octanol–water partition coefficient (Wildman–Crippen LogP) is 0.0704. The monoisotopic (exact) mass is 316 g/mol. The van der Waals surface area contributed by atoms with Crippen molar-refractivity contribution in [2.24, 2.45) is 10.9 Å². The van der Waals surface area contributed by atoms with Crippen molar-refractivity contribution in [1.29, 1.82) is 0 Å². The average molecular weight is 316 g/mol. The fourth-order valence-corrected chi connectivity index (χ4v) is 4.72. The molecular weight excluding hydrogens is 288 g/mol. The molecule has 0 aromatic rings. The van der Waals surface area contributed by atoms with Crippen LogP contribution in [0.3, 0.4) is 0 Å². The summed E-state index contributed by atoms with van der Waals surface area (Å²) in [7, 11) is 1.06. The molecule has 0 aromatic heterocycles. The van der Waals surface area contributed by atoms with Crippen LogP contribution in [0, 0.1) is 5.92 Å². The summed E-state index contributed by atoms with van der Waals surface area (Å²) in [5.74, 6) is 2.03. The predicted molar refractivity (Wildman–Crippen MR) is 86.4 cm³/mol. The van der Waals surface area contributed by atoms with Crippen molar-refractivity contribution in [2.75, 3.05) is 45.2 Å². The quantitative estimate of drug-likeness (QED) is 0.567. The van der Waals surface area contributed by atoms with Crippen LogP contribution in [0.5, 0.6) is 0 Å². The minimum Gasteiger partial charge on any atom is -0.356 e. The van der Waals surface area contributed by atoms with E-state index >= 15 is 0 Å². The van der Waals surface area contributed by atoms with Gasteiger partial charge in [0, 0.05) is 19.6 Å². The van der Waals surface area contributed by atoms with E-state index in [4.69, 9.17) is 0 Å². The second kappa shape index (κ2) is 7.45. The number of hydrogen-bond acceptors (Lipinski definition) is 4. The van der Waals surface area contributed by atoms with Gasteiger partial charge in [-0.3, -0.25) is 4.99 Å². The Kier molecular flexibility index (Phi) is 5.87. The van der Waals surface area contributed by atoms with Gasteiger partial charge in [0.05, 0.1) is 11.5 Å². The van der Waals surface area contributed by atoms with Crippen LogP contribution < -0.4 is 10.6 Å². The molecule has 2 heterocycles. The molecule has 21 heavy (non-hydrogen) atoms. The van der Waals surface area contributed by atoms with Crippen molar-refractivity contribution in [3.8, 4) is 0 Å². The summed E-state index contributed by atoms with van der Waals surface area (Å²) in [6.07, 6.45) is 4.37. The molecule has 2 saturated heterocycles. The van der Waals surface area contributed by atoms with Crippen LogP contribution in [0.25, 0.3) is 0 Å². The van der Waals surface area contributed by atoms with E-state index in [2.05, 4.69) is 27.6 Å². The molecule has 0 aliphatic carbocycles. The van der Waals surface area contributed by atoms with Crippen LogP contribution in [0.15, 0.2) is 4.99 Å². The van der Waals surface area contributed by atoms with Gasteiger partial charge in [-0.15, -0.1) is 0 Å². The first-order chi connectivity index (χ1) is 9.98. The van der Waals surface area contributed by atoms with Gasteiger partial charge in [-0.2, -0.15) is 0 Å². The summed E-state index contributed by atoms with van der Waals surface area (Å²) in [5, 5.41) is 6.53. The first-order valence-electron chi connectivity index (χ1n) is 7.84. The fourth-order valence-electron chi connectivity index (χ4n) is 3.04. The zero-order chi connectivity index (χ0) is 15.3. The molecule has 0 radical (unpaired) electrons. The van der Waals surface area contributed by atoms with Crippen molar-refractivity contribution < 1.29 is 8.42 Å². The summed E-state index contributed by atoms with van der Waals surface area (Å²) >= 11 is 0. The number of rotatable bonds is 4. The Hall–Kier alpha value is -0.820. The molecule has 0 bridgehead atoms. The van der Waals surface area contributed by atoms with Crippen molar-refractivity contribution >= 4 is 15.8 Å². The molecule has 2 rings (SSSR count). The molecule has 0 spiro atoms. The van der Waals surface area contributed by atoms with Crippen molar-refractivity contribution in [1.82, 2.24) is 15.5 Å². The Morgan fingerprint density at radius 1 is 1.29 bits per heavy atom. The molecule has 1 atom stereocenters. The Balaban J connectivity index is 1.66. The lowest BCUT2D eigenvalue weighted by Gasteiger charge is -2.29. The number of piperidine rings is 1. The van der Waals surface area contributed by atoms with Crippen molar-refractivity contribution in [3.63, 3.8) is 0 Å². The SMILES string of the molecule is CN=C(NCCC1CCN(C)CC1)NC1CCS(=O)(=O)C1. The van der Waals surface area contributed by atoms with Crippen molar-refractivity contribution in [2.45, 2.75) is 31.7 Å². The summed E-state index contributed by atoms with van der Waals surface area (Å²) in [6.45, 7) is 3.28. The van der Waals surface area contributed by atoms with Gasteiger partial charge in [0.15, 0.2) is 15.8 Å². The third-order valence-corrected chi connectivity index (χ3v) is 6.25. The van der Waals surface area contributed by atoms with Gasteiger partial charge < -0.3 is 15.5 Å². The van der Waals surface area contributed by atoms with E-state index in [1.807, 2.05) is 0 Å². The maximum absolute atomic E-state index is 11.5. The number of aliphatic imine (C=N–C) groups is 1. The number of sulfone groups is 1. The first kappa shape index (κ1) is 16.5. The maximum atomic E-state index is 11.5. The second-order valence-electron chi connectivity index (χ2n) is 6.28. The van der Waals surface area contributed by atoms with Crippen LogP contribution in [-0.2, 0) is 9.84 Å². The lowest BCUT2D eigenvalue weighted by Crippen LogP contribution is -2.44. The van der Waals surface area contributed by atoms with Crippen LogP contribution >= 0.6 is 0 Å². The van der Waals surface area contributed by atoms with Crippen LogP contribution in [0.1, 0.15) is 25.7 Å². The van der Waals surface area contributed by atoms with Gasteiger partial charge in [0.25, 0.3) is 0 Å². The minimum absolute atomic E-state index is 0.00419. The van der Waals surface area contributed by atoms with Crippen molar-refractivity contribution in [3.05, 3.63) is 0 Å². The molecule has 2 aliphatic rings. The van der Waals surface area contributed by atoms with Crippen LogP contribution in [-0.4, -0.2) is 70.6 Å². The third kappa shape index (κ3) is 5.47. The average Bonchev–Trinajstić information content (AvgIpc) is 2.79. The van der Waals surface area contributed by atoms with E-state index in [0.717, 1.165) is 24.8 Å². The molecule has 0 saturated carbocycles. The van der Waals surface area contributed by atoms with Crippen LogP contribution in [0.2, 0.25) is 0 Å². The Bertz CT molecular complexity index is 456. The maximum Gasteiger partial charge on any atom is 0.191 e. The van der Waals surface area contributed by atoms with E-state index < -0.39 is 9.84 Å². The van der Waals surface area contributed by atoms with Gasteiger partial charge in [0.1, 0.15) is 0 Å².